The highest BCUT2D eigenvalue weighted by molar-refractivity contribution is 7.98. The summed E-state index contributed by atoms with van der Waals surface area (Å²) in [5.74, 6) is -0.0460. The lowest BCUT2D eigenvalue weighted by Crippen LogP contribution is -2.24. The molecule has 4 nitrogen and oxygen atoms in total. The third kappa shape index (κ3) is 3.40. The molecule has 1 N–H and O–H groups in total. The molecule has 2 amide bonds. The van der Waals surface area contributed by atoms with Gasteiger partial charge in [-0.2, -0.15) is 0 Å². The van der Waals surface area contributed by atoms with Gasteiger partial charge in [-0.3, -0.25) is 9.59 Å². The molecule has 0 saturated carbocycles. The number of hydrogen-bond acceptors (Lipinski definition) is 3. The Balaban J connectivity index is 1.81. The number of carbonyl (C=O) groups is 2. The highest BCUT2D eigenvalue weighted by atomic mass is 32.2. The summed E-state index contributed by atoms with van der Waals surface area (Å²) in [5, 5.41) is 2.94. The lowest BCUT2D eigenvalue weighted by atomic mass is 10.1. The first-order chi connectivity index (χ1) is 11.2. The second-order valence-corrected chi connectivity index (χ2v) is 6.20. The van der Waals surface area contributed by atoms with Gasteiger partial charge in [0.1, 0.15) is 0 Å². The molecular weight excluding hydrogens is 308 g/mol. The first-order valence-corrected chi connectivity index (χ1v) is 8.76. The number of nitrogens with zero attached hydrogens (tertiary/aromatic N) is 1. The standard InChI is InChI=1S/C18H18N2O2S/c1-23-16-9-3-2-8-15(16)19-18(22)13-6-4-7-14(12-13)20-11-5-10-17(20)21/h2-4,6-9,12H,5,10-11H2,1H3,(H,19,22). The molecule has 0 unspecified atom stereocenters. The minimum absolute atomic E-state index is 0.121. The second kappa shape index (κ2) is 6.87. The molecule has 2 aromatic carbocycles. The average molecular weight is 326 g/mol. The Morgan fingerprint density at radius 1 is 1.17 bits per heavy atom. The Morgan fingerprint density at radius 2 is 2.00 bits per heavy atom. The smallest absolute Gasteiger partial charge is 0.255 e. The summed E-state index contributed by atoms with van der Waals surface area (Å²) < 4.78 is 0. The Bertz CT molecular complexity index is 745. The van der Waals surface area contributed by atoms with Crippen molar-refractivity contribution in [2.24, 2.45) is 0 Å². The van der Waals surface area contributed by atoms with Crippen LogP contribution in [0, 0.1) is 0 Å². The summed E-state index contributed by atoms with van der Waals surface area (Å²) in [5.41, 5.74) is 2.14. The second-order valence-electron chi connectivity index (χ2n) is 5.35. The summed E-state index contributed by atoms with van der Waals surface area (Å²) >= 11 is 1.59. The molecule has 1 aliphatic rings. The molecule has 0 aliphatic carbocycles. The highest BCUT2D eigenvalue weighted by Gasteiger charge is 2.22. The predicted octanol–water partition coefficient (Wildman–Crippen LogP) is 3.79. The van der Waals surface area contributed by atoms with Gasteiger partial charge in [-0.05, 0) is 43.0 Å². The van der Waals surface area contributed by atoms with E-state index in [9.17, 15) is 9.59 Å². The largest absolute Gasteiger partial charge is 0.321 e. The van der Waals surface area contributed by atoms with Gasteiger partial charge in [0.25, 0.3) is 5.91 Å². The lowest BCUT2D eigenvalue weighted by Gasteiger charge is -2.16. The fourth-order valence-corrected chi connectivity index (χ4v) is 3.23. The van der Waals surface area contributed by atoms with Crippen molar-refractivity contribution in [3.05, 3.63) is 54.1 Å². The van der Waals surface area contributed by atoms with Crippen molar-refractivity contribution in [3.63, 3.8) is 0 Å². The van der Waals surface area contributed by atoms with E-state index in [2.05, 4.69) is 5.32 Å². The summed E-state index contributed by atoms with van der Waals surface area (Å²) in [4.78, 5) is 27.1. The maximum Gasteiger partial charge on any atom is 0.255 e. The lowest BCUT2D eigenvalue weighted by molar-refractivity contribution is -0.117. The maximum atomic E-state index is 12.5. The summed E-state index contributed by atoms with van der Waals surface area (Å²) in [7, 11) is 0. The molecule has 0 spiro atoms. The quantitative estimate of drug-likeness (QED) is 0.870. The minimum Gasteiger partial charge on any atom is -0.321 e. The van der Waals surface area contributed by atoms with E-state index in [-0.39, 0.29) is 11.8 Å². The molecule has 5 heteroatoms. The molecule has 3 rings (SSSR count). The van der Waals surface area contributed by atoms with Gasteiger partial charge in [-0.25, -0.2) is 0 Å². The van der Waals surface area contributed by atoms with Gasteiger partial charge < -0.3 is 10.2 Å². The molecular formula is C18H18N2O2S. The molecule has 118 valence electrons. The average Bonchev–Trinajstić information content (AvgIpc) is 3.01. The summed E-state index contributed by atoms with van der Waals surface area (Å²) in [6.07, 6.45) is 3.43. The fraction of sp³-hybridized carbons (Fsp3) is 0.222. The van der Waals surface area contributed by atoms with E-state index in [0.717, 1.165) is 29.2 Å². The number of anilines is 2. The third-order valence-electron chi connectivity index (χ3n) is 3.85. The van der Waals surface area contributed by atoms with Gasteiger partial charge in [-0.1, -0.05) is 18.2 Å². The maximum absolute atomic E-state index is 12.5. The number of rotatable bonds is 4. The van der Waals surface area contributed by atoms with Gasteiger partial charge in [0, 0.05) is 29.1 Å². The van der Waals surface area contributed by atoms with E-state index in [1.807, 2.05) is 42.7 Å². The molecule has 1 fully saturated rings. The first-order valence-electron chi connectivity index (χ1n) is 7.54. The Labute approximate surface area is 139 Å². The zero-order chi connectivity index (χ0) is 16.2. The fourth-order valence-electron chi connectivity index (χ4n) is 2.68. The van der Waals surface area contributed by atoms with Gasteiger partial charge in [0.15, 0.2) is 0 Å². The van der Waals surface area contributed by atoms with Crippen LogP contribution in [-0.4, -0.2) is 24.6 Å². The van der Waals surface area contributed by atoms with Crippen molar-refractivity contribution in [2.45, 2.75) is 17.7 Å². The van der Waals surface area contributed by atoms with E-state index in [0.29, 0.717) is 12.0 Å². The van der Waals surface area contributed by atoms with Gasteiger partial charge in [0.2, 0.25) is 5.91 Å². The van der Waals surface area contributed by atoms with E-state index in [1.54, 1.807) is 28.8 Å². The number of nitrogens with one attached hydrogen (secondary N) is 1. The van der Waals surface area contributed by atoms with Crippen molar-refractivity contribution in [1.82, 2.24) is 0 Å². The molecule has 0 aromatic heterocycles. The first kappa shape index (κ1) is 15.6. The molecule has 0 atom stereocenters. The van der Waals surface area contributed by atoms with Crippen LogP contribution in [0.15, 0.2) is 53.4 Å². The van der Waals surface area contributed by atoms with Crippen molar-refractivity contribution >= 4 is 35.0 Å². The number of para-hydroxylation sites is 1. The zero-order valence-corrected chi connectivity index (χ0v) is 13.7. The summed E-state index contributed by atoms with van der Waals surface area (Å²) in [6, 6.07) is 14.9. The predicted molar refractivity (Wildman–Crippen MR) is 94.2 cm³/mol. The van der Waals surface area contributed by atoms with E-state index in [1.165, 1.54) is 0 Å². The third-order valence-corrected chi connectivity index (χ3v) is 4.64. The SMILES string of the molecule is CSc1ccccc1NC(=O)c1cccc(N2CCCC2=O)c1. The number of thioether (sulfide) groups is 1. The molecule has 23 heavy (non-hydrogen) atoms. The van der Waals surface area contributed by atoms with Gasteiger partial charge >= 0.3 is 0 Å². The van der Waals surface area contributed by atoms with Crippen LogP contribution in [0.4, 0.5) is 11.4 Å². The van der Waals surface area contributed by atoms with Crippen molar-refractivity contribution in [3.8, 4) is 0 Å². The number of amides is 2. The van der Waals surface area contributed by atoms with Crippen molar-refractivity contribution in [1.29, 1.82) is 0 Å². The van der Waals surface area contributed by atoms with E-state index >= 15 is 0 Å². The molecule has 2 aromatic rings. The van der Waals surface area contributed by atoms with Crippen LogP contribution >= 0.6 is 11.8 Å². The summed E-state index contributed by atoms with van der Waals surface area (Å²) in [6.45, 7) is 0.721. The molecule has 1 heterocycles. The number of benzene rings is 2. The zero-order valence-electron chi connectivity index (χ0n) is 12.9. The molecule has 0 bridgehead atoms. The minimum atomic E-state index is -0.167. The Kier molecular flexibility index (Phi) is 4.67. The van der Waals surface area contributed by atoms with Crippen LogP contribution in [-0.2, 0) is 4.79 Å². The number of hydrogen-bond donors (Lipinski definition) is 1. The van der Waals surface area contributed by atoms with Crippen LogP contribution < -0.4 is 10.2 Å². The van der Waals surface area contributed by atoms with Crippen molar-refractivity contribution < 1.29 is 9.59 Å². The highest BCUT2D eigenvalue weighted by Crippen LogP contribution is 2.26. The topological polar surface area (TPSA) is 49.4 Å². The molecule has 1 saturated heterocycles. The van der Waals surface area contributed by atoms with Crippen LogP contribution in [0.1, 0.15) is 23.2 Å². The van der Waals surface area contributed by atoms with Gasteiger partial charge in [0.05, 0.1) is 5.69 Å². The number of carbonyl (C=O) groups excluding carboxylic acids is 2. The van der Waals surface area contributed by atoms with E-state index in [4.69, 9.17) is 0 Å². The van der Waals surface area contributed by atoms with Crippen molar-refractivity contribution in [2.75, 3.05) is 23.0 Å². The van der Waals surface area contributed by atoms with Crippen LogP contribution in [0.5, 0.6) is 0 Å². The van der Waals surface area contributed by atoms with Crippen LogP contribution in [0.3, 0.4) is 0 Å². The molecule has 0 radical (unpaired) electrons. The van der Waals surface area contributed by atoms with Crippen LogP contribution in [0.25, 0.3) is 0 Å². The van der Waals surface area contributed by atoms with E-state index < -0.39 is 0 Å². The monoisotopic (exact) mass is 326 g/mol. The normalized spacial score (nSPS) is 14.1. The molecule has 1 aliphatic heterocycles. The van der Waals surface area contributed by atoms with Crippen LogP contribution in [0.2, 0.25) is 0 Å². The Morgan fingerprint density at radius 3 is 2.74 bits per heavy atom. The Hall–Kier alpha value is -2.27. The van der Waals surface area contributed by atoms with Gasteiger partial charge in [-0.15, -0.1) is 11.8 Å².